The van der Waals surface area contributed by atoms with Crippen LogP contribution in [-0.4, -0.2) is 49.0 Å². The van der Waals surface area contributed by atoms with Crippen LogP contribution in [0.25, 0.3) is 0 Å². The van der Waals surface area contributed by atoms with E-state index < -0.39 is 0 Å². The van der Waals surface area contributed by atoms with Crippen molar-refractivity contribution in [2.45, 2.75) is 6.92 Å². The normalized spacial score (nSPS) is 15.8. The number of amides is 1. The highest BCUT2D eigenvalue weighted by molar-refractivity contribution is 7.14. The second-order valence-electron chi connectivity index (χ2n) is 5.56. The van der Waals surface area contributed by atoms with Gasteiger partial charge in [0.2, 0.25) is 0 Å². The molecular weight excluding hydrogens is 296 g/mol. The number of piperazine rings is 1. The van der Waals surface area contributed by atoms with Gasteiger partial charge >= 0.3 is 0 Å². The van der Waals surface area contributed by atoms with Crippen molar-refractivity contribution in [1.82, 2.24) is 9.88 Å². The first-order chi connectivity index (χ1) is 10.6. The first kappa shape index (κ1) is 15.0. The van der Waals surface area contributed by atoms with Gasteiger partial charge in [0.25, 0.3) is 5.91 Å². The molecule has 0 aliphatic carbocycles. The van der Waals surface area contributed by atoms with Crippen LogP contribution in [0.4, 0.5) is 11.5 Å². The summed E-state index contributed by atoms with van der Waals surface area (Å²) in [7, 11) is 2.13. The fraction of sp³-hybridized carbons (Fsp3) is 0.375. The molecule has 0 spiro atoms. The molecule has 0 aromatic carbocycles. The Kier molecular flexibility index (Phi) is 4.40. The number of nitrogens with one attached hydrogen (secondary N) is 1. The van der Waals surface area contributed by atoms with Crippen molar-refractivity contribution in [2.24, 2.45) is 0 Å². The fourth-order valence-corrected chi connectivity index (χ4v) is 3.19. The Bertz CT molecular complexity index is 644. The summed E-state index contributed by atoms with van der Waals surface area (Å²) in [5, 5.41) is 2.89. The molecule has 1 amide bonds. The van der Waals surface area contributed by atoms with Crippen molar-refractivity contribution in [1.29, 1.82) is 0 Å². The van der Waals surface area contributed by atoms with Gasteiger partial charge in [-0.2, -0.15) is 0 Å². The van der Waals surface area contributed by atoms with Crippen LogP contribution in [0.3, 0.4) is 0 Å². The number of aryl methyl sites for hydroxylation is 1. The summed E-state index contributed by atoms with van der Waals surface area (Å²) in [5.74, 6) is 0.894. The number of rotatable bonds is 3. The lowest BCUT2D eigenvalue weighted by Gasteiger charge is -2.33. The van der Waals surface area contributed by atoms with Crippen molar-refractivity contribution in [3.8, 4) is 0 Å². The molecule has 0 atom stereocenters. The lowest BCUT2D eigenvalue weighted by atomic mass is 10.3. The highest BCUT2D eigenvalue weighted by Gasteiger charge is 2.15. The van der Waals surface area contributed by atoms with Crippen molar-refractivity contribution in [2.75, 3.05) is 43.4 Å². The quantitative estimate of drug-likeness (QED) is 0.945. The van der Waals surface area contributed by atoms with Gasteiger partial charge < -0.3 is 15.1 Å². The van der Waals surface area contributed by atoms with Crippen LogP contribution in [0.2, 0.25) is 0 Å². The Morgan fingerprint density at radius 3 is 2.55 bits per heavy atom. The summed E-state index contributed by atoms with van der Waals surface area (Å²) >= 11 is 1.50. The monoisotopic (exact) mass is 316 g/mol. The molecule has 0 bridgehead atoms. The third-order valence-electron chi connectivity index (χ3n) is 3.80. The Morgan fingerprint density at radius 1 is 1.18 bits per heavy atom. The van der Waals surface area contributed by atoms with Crippen molar-refractivity contribution in [3.05, 3.63) is 40.2 Å². The maximum absolute atomic E-state index is 12.1. The van der Waals surface area contributed by atoms with E-state index in [1.54, 1.807) is 6.20 Å². The number of anilines is 2. The lowest BCUT2D eigenvalue weighted by molar-refractivity contribution is 0.103. The van der Waals surface area contributed by atoms with Crippen LogP contribution in [0.1, 0.15) is 14.5 Å². The first-order valence-corrected chi connectivity index (χ1v) is 8.21. The van der Waals surface area contributed by atoms with E-state index in [-0.39, 0.29) is 5.91 Å². The maximum Gasteiger partial charge on any atom is 0.265 e. The molecule has 2 aromatic heterocycles. The van der Waals surface area contributed by atoms with Crippen LogP contribution in [0, 0.1) is 6.92 Å². The van der Waals surface area contributed by atoms with Crippen molar-refractivity contribution < 1.29 is 4.79 Å². The minimum absolute atomic E-state index is 0.0766. The number of carbonyl (C=O) groups is 1. The van der Waals surface area contributed by atoms with E-state index >= 15 is 0 Å². The molecule has 1 fully saturated rings. The number of pyridine rings is 1. The third kappa shape index (κ3) is 3.45. The molecule has 0 unspecified atom stereocenters. The second kappa shape index (κ2) is 6.46. The molecule has 0 radical (unpaired) electrons. The van der Waals surface area contributed by atoms with E-state index in [2.05, 4.69) is 27.1 Å². The molecule has 1 saturated heterocycles. The molecule has 116 valence electrons. The van der Waals surface area contributed by atoms with Crippen molar-refractivity contribution >= 4 is 28.7 Å². The zero-order valence-corrected chi connectivity index (χ0v) is 13.7. The van der Waals surface area contributed by atoms with Gasteiger partial charge in [0.1, 0.15) is 5.82 Å². The molecule has 1 aliphatic rings. The summed E-state index contributed by atoms with van der Waals surface area (Å²) in [4.78, 5) is 23.0. The van der Waals surface area contributed by atoms with Crippen LogP contribution < -0.4 is 10.2 Å². The highest BCUT2D eigenvalue weighted by Crippen LogP contribution is 2.19. The number of likely N-dealkylation sites (N-methyl/N-ethyl adjacent to an activating group) is 1. The predicted molar refractivity (Wildman–Crippen MR) is 91.0 cm³/mol. The number of thiophene rings is 1. The molecule has 3 heterocycles. The molecule has 1 N–H and O–H groups in total. The van der Waals surface area contributed by atoms with E-state index in [0.29, 0.717) is 0 Å². The van der Waals surface area contributed by atoms with Crippen LogP contribution in [0.5, 0.6) is 0 Å². The van der Waals surface area contributed by atoms with E-state index in [9.17, 15) is 4.79 Å². The van der Waals surface area contributed by atoms with Gasteiger partial charge in [-0.25, -0.2) is 4.98 Å². The van der Waals surface area contributed by atoms with E-state index in [1.807, 2.05) is 31.2 Å². The van der Waals surface area contributed by atoms with Crippen LogP contribution >= 0.6 is 11.3 Å². The Labute approximate surface area is 134 Å². The second-order valence-corrected chi connectivity index (χ2v) is 6.85. The largest absolute Gasteiger partial charge is 0.354 e. The fourth-order valence-electron chi connectivity index (χ4n) is 2.43. The SMILES string of the molecule is Cc1ccc(C(=O)Nc2ccc(N3CCN(C)CC3)nc2)s1. The lowest BCUT2D eigenvalue weighted by Crippen LogP contribution is -2.44. The average molecular weight is 316 g/mol. The van der Waals surface area contributed by atoms with Gasteiger partial charge in [-0.05, 0) is 38.2 Å². The van der Waals surface area contributed by atoms with Gasteiger partial charge in [-0.15, -0.1) is 11.3 Å². The first-order valence-electron chi connectivity index (χ1n) is 7.39. The summed E-state index contributed by atoms with van der Waals surface area (Å²) in [5.41, 5.74) is 0.730. The number of carbonyl (C=O) groups excluding carboxylic acids is 1. The minimum Gasteiger partial charge on any atom is -0.354 e. The molecule has 22 heavy (non-hydrogen) atoms. The summed E-state index contributed by atoms with van der Waals surface area (Å²) in [6.07, 6.45) is 1.73. The molecule has 5 nitrogen and oxygen atoms in total. The molecular formula is C16H20N4OS. The third-order valence-corrected chi connectivity index (χ3v) is 4.80. The van der Waals surface area contributed by atoms with Crippen LogP contribution in [0.15, 0.2) is 30.5 Å². The molecule has 0 saturated carbocycles. The summed E-state index contributed by atoms with van der Waals surface area (Å²) in [6, 6.07) is 7.69. The minimum atomic E-state index is -0.0766. The number of hydrogen-bond acceptors (Lipinski definition) is 5. The number of aromatic nitrogens is 1. The maximum atomic E-state index is 12.1. The topological polar surface area (TPSA) is 48.5 Å². The van der Waals surface area contributed by atoms with Gasteiger partial charge in [-0.1, -0.05) is 0 Å². The standard InChI is InChI=1S/C16H20N4OS/c1-12-3-5-14(22-12)16(21)18-13-4-6-15(17-11-13)20-9-7-19(2)8-10-20/h3-6,11H,7-10H2,1-2H3,(H,18,21). The zero-order chi connectivity index (χ0) is 15.5. The van der Waals surface area contributed by atoms with E-state index in [0.717, 1.165) is 47.4 Å². The summed E-state index contributed by atoms with van der Waals surface area (Å²) < 4.78 is 0. The zero-order valence-electron chi connectivity index (χ0n) is 12.9. The van der Waals surface area contributed by atoms with Crippen molar-refractivity contribution in [3.63, 3.8) is 0 Å². The Balaban J connectivity index is 1.63. The number of hydrogen-bond donors (Lipinski definition) is 1. The Hall–Kier alpha value is -1.92. The predicted octanol–water partition coefficient (Wildman–Crippen LogP) is 2.46. The summed E-state index contributed by atoms with van der Waals surface area (Å²) in [6.45, 7) is 6.08. The van der Waals surface area contributed by atoms with E-state index in [4.69, 9.17) is 0 Å². The molecule has 2 aromatic rings. The number of nitrogens with zero attached hydrogens (tertiary/aromatic N) is 3. The van der Waals surface area contributed by atoms with Gasteiger partial charge in [0.15, 0.2) is 0 Å². The van der Waals surface area contributed by atoms with Gasteiger partial charge in [0.05, 0.1) is 16.8 Å². The molecule has 1 aliphatic heterocycles. The smallest absolute Gasteiger partial charge is 0.265 e. The van der Waals surface area contributed by atoms with Gasteiger partial charge in [-0.3, -0.25) is 4.79 Å². The van der Waals surface area contributed by atoms with Gasteiger partial charge in [0, 0.05) is 31.1 Å². The molecule has 6 heteroatoms. The average Bonchev–Trinajstić information content (AvgIpc) is 2.96. The highest BCUT2D eigenvalue weighted by atomic mass is 32.1. The molecule has 3 rings (SSSR count). The van der Waals surface area contributed by atoms with E-state index in [1.165, 1.54) is 11.3 Å². The Morgan fingerprint density at radius 2 is 1.95 bits per heavy atom. The van der Waals surface area contributed by atoms with Crippen LogP contribution in [-0.2, 0) is 0 Å².